The van der Waals surface area contributed by atoms with Crippen LogP contribution in [0.5, 0.6) is 0 Å². The van der Waals surface area contributed by atoms with E-state index in [4.69, 9.17) is 9.51 Å². The molecule has 7 nitrogen and oxygen atoms in total. The van der Waals surface area contributed by atoms with Gasteiger partial charge in [-0.2, -0.15) is 4.98 Å². The Morgan fingerprint density at radius 2 is 1.78 bits per heavy atom. The second-order valence-electron chi connectivity index (χ2n) is 8.48. The van der Waals surface area contributed by atoms with E-state index in [9.17, 15) is 9.18 Å². The number of nitrogens with one attached hydrogen (secondary N) is 1. The van der Waals surface area contributed by atoms with Gasteiger partial charge in [0.05, 0.1) is 11.4 Å². The van der Waals surface area contributed by atoms with E-state index < -0.39 is 0 Å². The first-order valence-corrected chi connectivity index (χ1v) is 12.5. The van der Waals surface area contributed by atoms with Gasteiger partial charge in [0, 0.05) is 17.3 Å². The smallest absolute Gasteiger partial charge is 0.283 e. The normalized spacial score (nSPS) is 11.3. The highest BCUT2D eigenvalue weighted by atomic mass is 32.2. The Hall–Kier alpha value is -4.50. The van der Waals surface area contributed by atoms with Gasteiger partial charge in [-0.3, -0.25) is 9.36 Å². The highest BCUT2D eigenvalue weighted by molar-refractivity contribution is 7.98. The lowest BCUT2D eigenvalue weighted by atomic mass is 10.1. The molecule has 1 N–H and O–H groups in total. The molecule has 9 heteroatoms. The molecule has 0 radical (unpaired) electrons. The van der Waals surface area contributed by atoms with Crippen molar-refractivity contribution in [2.75, 3.05) is 0 Å². The van der Waals surface area contributed by atoms with Crippen LogP contribution in [0, 0.1) is 12.7 Å². The summed E-state index contributed by atoms with van der Waals surface area (Å²) in [5.74, 6) is 0.536. The van der Waals surface area contributed by atoms with Crippen molar-refractivity contribution in [3.8, 4) is 28.2 Å². The predicted molar refractivity (Wildman–Crippen MR) is 141 cm³/mol. The van der Waals surface area contributed by atoms with Crippen LogP contribution < -0.4 is 5.56 Å². The van der Waals surface area contributed by atoms with Crippen LogP contribution in [-0.2, 0) is 5.75 Å². The lowest BCUT2D eigenvalue weighted by Gasteiger charge is -2.12. The number of benzene rings is 3. The first-order valence-electron chi connectivity index (χ1n) is 11.5. The fourth-order valence-corrected chi connectivity index (χ4v) is 5.00. The molecule has 3 heterocycles. The zero-order chi connectivity index (χ0) is 25.4. The predicted octanol–water partition coefficient (Wildman–Crippen LogP) is 6.17. The Balaban J connectivity index is 1.42. The molecule has 6 aromatic rings. The van der Waals surface area contributed by atoms with Crippen molar-refractivity contribution < 1.29 is 8.91 Å². The molecule has 0 saturated carbocycles. The van der Waals surface area contributed by atoms with E-state index >= 15 is 0 Å². The Morgan fingerprint density at radius 1 is 0.973 bits per heavy atom. The zero-order valence-electron chi connectivity index (χ0n) is 19.7. The van der Waals surface area contributed by atoms with Gasteiger partial charge in [0.15, 0.2) is 5.16 Å². The molecule has 3 aromatic carbocycles. The molecule has 0 fully saturated rings. The minimum absolute atomic E-state index is 0.203. The van der Waals surface area contributed by atoms with Gasteiger partial charge in [-0.05, 0) is 42.3 Å². The van der Waals surface area contributed by atoms with Gasteiger partial charge < -0.3 is 9.51 Å². The van der Waals surface area contributed by atoms with Crippen molar-refractivity contribution in [1.29, 1.82) is 0 Å². The summed E-state index contributed by atoms with van der Waals surface area (Å²) in [6, 6.07) is 23.5. The molecule has 0 saturated heterocycles. The number of H-pyrrole nitrogens is 1. The van der Waals surface area contributed by atoms with Crippen LogP contribution in [0.15, 0.2) is 99.5 Å². The molecule has 0 aliphatic rings. The summed E-state index contributed by atoms with van der Waals surface area (Å²) >= 11 is 1.32. The maximum atomic E-state index is 13.7. The Labute approximate surface area is 215 Å². The van der Waals surface area contributed by atoms with Gasteiger partial charge in [-0.25, -0.2) is 9.37 Å². The van der Waals surface area contributed by atoms with E-state index in [1.165, 1.54) is 23.9 Å². The number of aryl methyl sites for hydroxylation is 1. The fraction of sp³-hybridized carbons (Fsp3) is 0.0714. The maximum Gasteiger partial charge on any atom is 0.283 e. The van der Waals surface area contributed by atoms with Crippen molar-refractivity contribution in [2.24, 2.45) is 0 Å². The summed E-state index contributed by atoms with van der Waals surface area (Å²) in [5, 5.41) is 4.48. The van der Waals surface area contributed by atoms with E-state index in [-0.39, 0.29) is 17.1 Å². The zero-order valence-corrected chi connectivity index (χ0v) is 20.5. The Morgan fingerprint density at radius 3 is 2.59 bits per heavy atom. The summed E-state index contributed by atoms with van der Waals surface area (Å²) in [7, 11) is 0. The second-order valence-corrected chi connectivity index (χ2v) is 9.42. The second kappa shape index (κ2) is 9.51. The number of fused-ring (bicyclic) bond motifs is 1. The number of nitrogens with zero attached hydrogens (tertiary/aromatic N) is 4. The minimum Gasteiger partial charge on any atom is -0.355 e. The van der Waals surface area contributed by atoms with Gasteiger partial charge in [0.2, 0.25) is 11.7 Å². The molecule has 37 heavy (non-hydrogen) atoms. The number of aromatic amines is 1. The van der Waals surface area contributed by atoms with Gasteiger partial charge in [0.1, 0.15) is 16.9 Å². The molecule has 0 aliphatic carbocycles. The van der Waals surface area contributed by atoms with Crippen LogP contribution in [-0.4, -0.2) is 24.7 Å². The third-order valence-corrected chi connectivity index (χ3v) is 6.81. The summed E-state index contributed by atoms with van der Waals surface area (Å²) in [4.78, 5) is 26.2. The largest absolute Gasteiger partial charge is 0.355 e. The first-order chi connectivity index (χ1) is 18.1. The quantitative estimate of drug-likeness (QED) is 0.213. The van der Waals surface area contributed by atoms with E-state index in [0.717, 1.165) is 16.7 Å². The van der Waals surface area contributed by atoms with Crippen LogP contribution >= 0.6 is 11.8 Å². The maximum absolute atomic E-state index is 13.7. The Bertz CT molecular complexity index is 1790. The van der Waals surface area contributed by atoms with Gasteiger partial charge in [-0.1, -0.05) is 71.5 Å². The minimum atomic E-state index is -0.376. The molecular weight excluding hydrogens is 489 g/mol. The lowest BCUT2D eigenvalue weighted by molar-refractivity contribution is 0.391. The summed E-state index contributed by atoms with van der Waals surface area (Å²) < 4.78 is 20.6. The summed E-state index contributed by atoms with van der Waals surface area (Å²) in [6.45, 7) is 1.97. The fourth-order valence-electron chi connectivity index (χ4n) is 4.15. The van der Waals surface area contributed by atoms with Crippen LogP contribution in [0.3, 0.4) is 0 Å². The van der Waals surface area contributed by atoms with Crippen LogP contribution in [0.25, 0.3) is 39.2 Å². The first kappa shape index (κ1) is 22.9. The summed E-state index contributed by atoms with van der Waals surface area (Å²) in [6.07, 6.45) is 1.81. The summed E-state index contributed by atoms with van der Waals surface area (Å²) in [5.41, 5.74) is 4.88. The third-order valence-electron chi connectivity index (χ3n) is 5.89. The number of rotatable bonds is 6. The van der Waals surface area contributed by atoms with E-state index in [0.29, 0.717) is 39.2 Å². The molecule has 182 valence electrons. The van der Waals surface area contributed by atoms with Crippen molar-refractivity contribution in [2.45, 2.75) is 17.8 Å². The SMILES string of the molecule is Cc1cccc(-n2c(SCc3nc(-c4cccc(F)c4)no3)nc3c(-c4ccccc4)c[nH]c3c2=O)c1. The number of hydrogen-bond acceptors (Lipinski definition) is 6. The van der Waals surface area contributed by atoms with Gasteiger partial charge >= 0.3 is 0 Å². The Kier molecular flexibility index (Phi) is 5.90. The van der Waals surface area contributed by atoms with Crippen LogP contribution in [0.1, 0.15) is 11.5 Å². The average Bonchev–Trinajstić information content (AvgIpc) is 3.56. The van der Waals surface area contributed by atoms with E-state index in [1.54, 1.807) is 16.7 Å². The van der Waals surface area contributed by atoms with E-state index in [1.807, 2.05) is 67.7 Å². The number of aromatic nitrogens is 5. The lowest BCUT2D eigenvalue weighted by Crippen LogP contribution is -2.22. The average molecular weight is 510 g/mol. The monoisotopic (exact) mass is 509 g/mol. The van der Waals surface area contributed by atoms with Crippen LogP contribution in [0.4, 0.5) is 4.39 Å². The molecule has 0 atom stereocenters. The third kappa shape index (κ3) is 4.45. The number of hydrogen-bond donors (Lipinski definition) is 1. The number of halogens is 1. The topological polar surface area (TPSA) is 89.6 Å². The van der Waals surface area contributed by atoms with E-state index in [2.05, 4.69) is 15.1 Å². The highest BCUT2D eigenvalue weighted by Gasteiger charge is 2.19. The van der Waals surface area contributed by atoms with Crippen LogP contribution in [0.2, 0.25) is 0 Å². The molecule has 0 spiro atoms. The molecule has 0 unspecified atom stereocenters. The van der Waals surface area contributed by atoms with Crippen molar-refractivity contribution in [3.63, 3.8) is 0 Å². The number of thioether (sulfide) groups is 1. The highest BCUT2D eigenvalue weighted by Crippen LogP contribution is 2.30. The van der Waals surface area contributed by atoms with Crippen molar-refractivity contribution in [1.82, 2.24) is 24.7 Å². The molecule has 0 bridgehead atoms. The molecule has 6 rings (SSSR count). The standard InChI is InChI=1S/C28H20FN5O2S/c1-17-7-5-12-21(13-17)34-27(35)25-24(22(15-30-25)18-8-3-2-4-9-18)32-28(34)37-16-23-31-26(33-36-23)19-10-6-11-20(29)14-19/h2-15,30H,16H2,1H3. The molecule has 0 aliphatic heterocycles. The van der Waals surface area contributed by atoms with Crippen molar-refractivity contribution >= 4 is 22.8 Å². The van der Waals surface area contributed by atoms with Gasteiger partial charge in [0.25, 0.3) is 5.56 Å². The van der Waals surface area contributed by atoms with Gasteiger partial charge in [-0.15, -0.1) is 0 Å². The molecule has 0 amide bonds. The molecule has 3 aromatic heterocycles. The molecular formula is C28H20FN5O2S. The van der Waals surface area contributed by atoms with Crippen molar-refractivity contribution in [3.05, 3.63) is 113 Å².